The summed E-state index contributed by atoms with van der Waals surface area (Å²) >= 11 is 0. The van der Waals surface area contributed by atoms with Crippen molar-refractivity contribution in [2.45, 2.75) is 13.0 Å². The van der Waals surface area contributed by atoms with Crippen LogP contribution >= 0.6 is 0 Å². The Kier molecular flexibility index (Phi) is 4.94. The van der Waals surface area contributed by atoms with E-state index in [9.17, 15) is 14.7 Å². The van der Waals surface area contributed by atoms with E-state index < -0.39 is 12.0 Å². The fraction of sp³-hybridized carbons (Fsp3) is 0.333. The van der Waals surface area contributed by atoms with Crippen LogP contribution in [0.3, 0.4) is 0 Å². The third kappa shape index (κ3) is 3.61. The first-order chi connectivity index (χ1) is 10.1. The number of aliphatic hydroxyl groups excluding tert-OH is 1. The lowest BCUT2D eigenvalue weighted by molar-refractivity contribution is -0.123. The molecule has 1 fully saturated rings. The lowest BCUT2D eigenvalue weighted by atomic mass is 10.2. The minimum absolute atomic E-state index is 0.0476. The molecule has 0 bridgehead atoms. The minimum atomic E-state index is -0.705. The van der Waals surface area contributed by atoms with Gasteiger partial charge in [-0.05, 0) is 12.0 Å². The van der Waals surface area contributed by atoms with Gasteiger partial charge in [-0.15, -0.1) is 0 Å². The second-order valence-corrected chi connectivity index (χ2v) is 4.61. The highest BCUT2D eigenvalue weighted by Crippen LogP contribution is 2.21. The van der Waals surface area contributed by atoms with Crippen LogP contribution in [0.4, 0.5) is 4.79 Å². The summed E-state index contributed by atoms with van der Waals surface area (Å²) in [6.45, 7) is 0.260. The van der Waals surface area contributed by atoms with Crippen LogP contribution in [-0.4, -0.2) is 42.3 Å². The maximum atomic E-state index is 12.0. The number of carbonyl (C=O) groups excluding carboxylic acids is 2. The molecule has 2 rings (SSSR count). The number of carbonyl (C=O) groups is 2. The predicted molar refractivity (Wildman–Crippen MR) is 74.5 cm³/mol. The standard InChI is InChI=1S/C15H17NO5/c1-20-10-13(17)12-7-8-16(14(12)18)15(19)21-9-11-5-3-2-4-6-11/h2-6,17H,7-10H2,1H3/b13-12-. The van der Waals surface area contributed by atoms with Crippen molar-refractivity contribution in [1.29, 1.82) is 0 Å². The second kappa shape index (κ2) is 6.90. The van der Waals surface area contributed by atoms with Gasteiger partial charge in [-0.1, -0.05) is 30.3 Å². The van der Waals surface area contributed by atoms with Gasteiger partial charge >= 0.3 is 6.09 Å². The van der Waals surface area contributed by atoms with Crippen molar-refractivity contribution in [1.82, 2.24) is 4.90 Å². The van der Waals surface area contributed by atoms with Crippen LogP contribution < -0.4 is 0 Å². The van der Waals surface area contributed by atoms with E-state index in [0.717, 1.165) is 10.5 Å². The average molecular weight is 291 g/mol. The monoisotopic (exact) mass is 291 g/mol. The lowest BCUT2D eigenvalue weighted by Crippen LogP contribution is -2.33. The molecule has 0 aliphatic carbocycles. The highest BCUT2D eigenvalue weighted by molar-refractivity contribution is 6.04. The van der Waals surface area contributed by atoms with Crippen LogP contribution in [0.2, 0.25) is 0 Å². The Morgan fingerprint density at radius 3 is 2.71 bits per heavy atom. The van der Waals surface area contributed by atoms with Gasteiger partial charge in [0.1, 0.15) is 19.0 Å². The van der Waals surface area contributed by atoms with E-state index in [4.69, 9.17) is 9.47 Å². The Hall–Kier alpha value is -2.34. The summed E-state index contributed by atoms with van der Waals surface area (Å²) in [7, 11) is 1.42. The fourth-order valence-corrected chi connectivity index (χ4v) is 2.06. The first-order valence-electron chi connectivity index (χ1n) is 6.56. The maximum absolute atomic E-state index is 12.0. The molecule has 1 aliphatic rings. The summed E-state index contributed by atoms with van der Waals surface area (Å²) in [6, 6.07) is 9.20. The van der Waals surface area contributed by atoms with Gasteiger partial charge in [-0.3, -0.25) is 4.79 Å². The Morgan fingerprint density at radius 2 is 2.05 bits per heavy atom. The van der Waals surface area contributed by atoms with Crippen LogP contribution in [0.25, 0.3) is 0 Å². The number of hydrogen-bond acceptors (Lipinski definition) is 5. The van der Waals surface area contributed by atoms with E-state index >= 15 is 0 Å². The van der Waals surface area contributed by atoms with Crippen molar-refractivity contribution >= 4 is 12.0 Å². The first-order valence-corrected chi connectivity index (χ1v) is 6.56. The van der Waals surface area contributed by atoms with E-state index in [2.05, 4.69) is 0 Å². The lowest BCUT2D eigenvalue weighted by Gasteiger charge is -2.13. The predicted octanol–water partition coefficient (Wildman–Crippen LogP) is 2.01. The molecule has 6 heteroatoms. The normalized spacial score (nSPS) is 17.0. The van der Waals surface area contributed by atoms with Crippen molar-refractivity contribution in [3.63, 3.8) is 0 Å². The Labute approximate surface area is 122 Å². The Balaban J connectivity index is 1.95. The number of nitrogens with zero attached hydrogens (tertiary/aromatic N) is 1. The van der Waals surface area contributed by atoms with Gasteiger partial charge in [-0.2, -0.15) is 0 Å². The van der Waals surface area contributed by atoms with Crippen LogP contribution in [0.15, 0.2) is 41.7 Å². The summed E-state index contributed by atoms with van der Waals surface area (Å²) in [5.74, 6) is -0.663. The van der Waals surface area contributed by atoms with Crippen molar-refractivity contribution < 1.29 is 24.2 Å². The molecule has 2 amide bonds. The van der Waals surface area contributed by atoms with Gasteiger partial charge in [-0.25, -0.2) is 9.69 Å². The second-order valence-electron chi connectivity index (χ2n) is 4.61. The third-order valence-corrected chi connectivity index (χ3v) is 3.14. The van der Waals surface area contributed by atoms with Crippen LogP contribution in [0, 0.1) is 0 Å². The van der Waals surface area contributed by atoms with E-state index in [1.165, 1.54) is 7.11 Å². The smallest absolute Gasteiger partial charge is 0.417 e. The van der Waals surface area contributed by atoms with Crippen molar-refractivity contribution in [2.24, 2.45) is 0 Å². The maximum Gasteiger partial charge on any atom is 0.417 e. The molecule has 21 heavy (non-hydrogen) atoms. The highest BCUT2D eigenvalue weighted by atomic mass is 16.6. The average Bonchev–Trinajstić information content (AvgIpc) is 2.88. The van der Waals surface area contributed by atoms with Gasteiger partial charge in [0.2, 0.25) is 0 Å². The first kappa shape index (κ1) is 15.1. The molecule has 1 saturated heterocycles. The number of aliphatic hydroxyl groups is 1. The van der Waals surface area contributed by atoms with Crippen LogP contribution in [-0.2, 0) is 20.9 Å². The molecule has 1 aliphatic heterocycles. The van der Waals surface area contributed by atoms with Gasteiger partial charge in [0.05, 0.1) is 5.57 Å². The van der Waals surface area contributed by atoms with Crippen molar-refractivity contribution in [3.8, 4) is 0 Å². The molecule has 1 N–H and O–H groups in total. The molecule has 0 spiro atoms. The fourth-order valence-electron chi connectivity index (χ4n) is 2.06. The van der Waals surface area contributed by atoms with Gasteiger partial charge < -0.3 is 14.6 Å². The number of benzene rings is 1. The summed E-state index contributed by atoms with van der Waals surface area (Å²) < 4.78 is 9.87. The Morgan fingerprint density at radius 1 is 1.33 bits per heavy atom. The quantitative estimate of drug-likeness (QED) is 0.678. The molecule has 112 valence electrons. The minimum Gasteiger partial charge on any atom is -0.509 e. The number of rotatable bonds is 4. The number of ether oxygens (including phenoxy) is 2. The zero-order chi connectivity index (χ0) is 15.2. The molecule has 0 radical (unpaired) electrons. The molecule has 0 unspecified atom stereocenters. The molecule has 1 aromatic rings. The zero-order valence-corrected chi connectivity index (χ0v) is 11.7. The molecule has 6 nitrogen and oxygen atoms in total. The third-order valence-electron chi connectivity index (χ3n) is 3.14. The number of hydrogen-bond donors (Lipinski definition) is 1. The number of methoxy groups -OCH3 is 1. The summed E-state index contributed by atoms with van der Waals surface area (Å²) in [5, 5.41) is 9.68. The molecule has 0 atom stereocenters. The van der Waals surface area contributed by atoms with E-state index in [-0.39, 0.29) is 31.1 Å². The van der Waals surface area contributed by atoms with E-state index in [1.807, 2.05) is 30.3 Å². The SMILES string of the molecule is COC/C(O)=C1\CCN(C(=O)OCc2ccccc2)C1=O. The summed E-state index contributed by atoms with van der Waals surface area (Å²) in [4.78, 5) is 24.9. The molecule has 1 aromatic carbocycles. The van der Waals surface area contributed by atoms with Gasteiger partial charge in [0.25, 0.3) is 5.91 Å². The van der Waals surface area contributed by atoms with E-state index in [0.29, 0.717) is 6.42 Å². The number of likely N-dealkylation sites (tertiary alicyclic amines) is 1. The number of imide groups is 1. The molecular weight excluding hydrogens is 274 g/mol. The van der Waals surface area contributed by atoms with Crippen LogP contribution in [0.5, 0.6) is 0 Å². The van der Waals surface area contributed by atoms with Crippen molar-refractivity contribution in [3.05, 3.63) is 47.2 Å². The summed E-state index contributed by atoms with van der Waals surface area (Å²) in [5.41, 5.74) is 1.05. The summed E-state index contributed by atoms with van der Waals surface area (Å²) in [6.07, 6.45) is -0.405. The highest BCUT2D eigenvalue weighted by Gasteiger charge is 2.34. The van der Waals surface area contributed by atoms with Crippen molar-refractivity contribution in [2.75, 3.05) is 20.3 Å². The largest absolute Gasteiger partial charge is 0.509 e. The van der Waals surface area contributed by atoms with Crippen LogP contribution in [0.1, 0.15) is 12.0 Å². The molecular formula is C15H17NO5. The zero-order valence-electron chi connectivity index (χ0n) is 11.7. The number of amides is 2. The molecule has 0 aromatic heterocycles. The topological polar surface area (TPSA) is 76.1 Å². The molecule has 1 heterocycles. The van der Waals surface area contributed by atoms with Gasteiger partial charge in [0.15, 0.2) is 0 Å². The Bertz CT molecular complexity index is 552. The molecule has 0 saturated carbocycles. The van der Waals surface area contributed by atoms with Gasteiger partial charge in [0, 0.05) is 13.7 Å². The van der Waals surface area contributed by atoms with E-state index in [1.54, 1.807) is 0 Å².